The van der Waals surface area contributed by atoms with Crippen molar-refractivity contribution in [3.8, 4) is 5.75 Å². The van der Waals surface area contributed by atoms with Crippen LogP contribution in [0.3, 0.4) is 0 Å². The minimum atomic E-state index is 0.488. The van der Waals surface area contributed by atoms with Crippen molar-refractivity contribution in [2.24, 2.45) is 5.92 Å². The first kappa shape index (κ1) is 12.9. The normalized spacial score (nSPS) is 23.9. The number of piperidine rings is 1. The number of methoxy groups -OCH3 is 1. The molecule has 2 rings (SSSR count). The molecule has 0 aromatic carbocycles. The number of rotatable bonds is 3. The number of nitrogens with zero attached hydrogens (tertiary/aromatic N) is 3. The molecule has 1 N–H and O–H groups in total. The Bertz CT molecular complexity index is 410. The molecular formula is C13H22N4O. The summed E-state index contributed by atoms with van der Waals surface area (Å²) in [6.07, 6.45) is 3.99. The molecule has 1 aliphatic rings. The molecule has 5 nitrogen and oxygen atoms in total. The van der Waals surface area contributed by atoms with Crippen LogP contribution < -0.4 is 15.0 Å². The quantitative estimate of drug-likeness (QED) is 0.890. The monoisotopic (exact) mass is 250 g/mol. The third kappa shape index (κ3) is 2.35. The molecule has 0 saturated carbocycles. The van der Waals surface area contributed by atoms with Crippen LogP contribution in [-0.4, -0.2) is 36.7 Å². The van der Waals surface area contributed by atoms with Crippen molar-refractivity contribution >= 4 is 11.6 Å². The summed E-state index contributed by atoms with van der Waals surface area (Å²) in [5.41, 5.74) is 0. The van der Waals surface area contributed by atoms with Gasteiger partial charge >= 0.3 is 0 Å². The second-order valence-electron chi connectivity index (χ2n) is 5.00. The lowest BCUT2D eigenvalue weighted by molar-refractivity contribution is 0.365. The highest BCUT2D eigenvalue weighted by atomic mass is 16.5. The van der Waals surface area contributed by atoms with E-state index in [1.807, 2.05) is 7.05 Å². The summed E-state index contributed by atoms with van der Waals surface area (Å²) in [4.78, 5) is 10.9. The van der Waals surface area contributed by atoms with Crippen molar-refractivity contribution in [3.63, 3.8) is 0 Å². The van der Waals surface area contributed by atoms with Gasteiger partial charge in [0.25, 0.3) is 0 Å². The van der Waals surface area contributed by atoms with Crippen LogP contribution in [0, 0.1) is 5.92 Å². The summed E-state index contributed by atoms with van der Waals surface area (Å²) in [6.45, 7) is 5.58. The lowest BCUT2D eigenvalue weighted by Crippen LogP contribution is -2.41. The number of hydrogen-bond donors (Lipinski definition) is 1. The Labute approximate surface area is 109 Å². The van der Waals surface area contributed by atoms with E-state index in [1.165, 1.54) is 12.8 Å². The van der Waals surface area contributed by atoms with Gasteiger partial charge in [0.2, 0.25) is 5.75 Å². The third-order valence-corrected chi connectivity index (χ3v) is 3.64. The van der Waals surface area contributed by atoms with Gasteiger partial charge in [-0.05, 0) is 25.7 Å². The maximum atomic E-state index is 5.47. The Morgan fingerprint density at radius 1 is 1.39 bits per heavy atom. The second-order valence-corrected chi connectivity index (χ2v) is 5.00. The summed E-state index contributed by atoms with van der Waals surface area (Å²) < 4.78 is 5.47. The van der Waals surface area contributed by atoms with Crippen LogP contribution in [0.2, 0.25) is 0 Å². The van der Waals surface area contributed by atoms with Crippen LogP contribution in [0.4, 0.5) is 11.6 Å². The third-order valence-electron chi connectivity index (χ3n) is 3.64. The highest BCUT2D eigenvalue weighted by molar-refractivity contribution is 5.65. The van der Waals surface area contributed by atoms with E-state index in [9.17, 15) is 0 Å². The van der Waals surface area contributed by atoms with Gasteiger partial charge in [0.1, 0.15) is 6.33 Å². The summed E-state index contributed by atoms with van der Waals surface area (Å²) in [5.74, 6) is 3.17. The zero-order valence-electron chi connectivity index (χ0n) is 11.6. The molecule has 2 atom stereocenters. The molecule has 0 radical (unpaired) electrons. The van der Waals surface area contributed by atoms with E-state index in [1.54, 1.807) is 13.4 Å². The van der Waals surface area contributed by atoms with Gasteiger partial charge in [-0.3, -0.25) is 0 Å². The zero-order chi connectivity index (χ0) is 13.1. The van der Waals surface area contributed by atoms with Crippen LogP contribution in [-0.2, 0) is 0 Å². The molecule has 0 amide bonds. The number of aromatic nitrogens is 2. The fourth-order valence-corrected chi connectivity index (χ4v) is 2.66. The molecule has 0 bridgehead atoms. The molecule has 0 aliphatic carbocycles. The molecular weight excluding hydrogens is 228 g/mol. The molecule has 100 valence electrons. The highest BCUT2D eigenvalue weighted by Crippen LogP contribution is 2.35. The van der Waals surface area contributed by atoms with E-state index in [-0.39, 0.29) is 0 Å². The first-order chi connectivity index (χ1) is 8.67. The first-order valence-corrected chi connectivity index (χ1v) is 6.50. The predicted octanol–water partition coefficient (Wildman–Crippen LogP) is 2.15. The van der Waals surface area contributed by atoms with Crippen molar-refractivity contribution in [2.45, 2.75) is 32.7 Å². The van der Waals surface area contributed by atoms with Crippen LogP contribution in [0.1, 0.15) is 26.7 Å². The summed E-state index contributed by atoms with van der Waals surface area (Å²) >= 11 is 0. The molecule has 1 aromatic rings. The average Bonchev–Trinajstić information content (AvgIpc) is 2.37. The Morgan fingerprint density at radius 3 is 2.78 bits per heavy atom. The first-order valence-electron chi connectivity index (χ1n) is 6.50. The molecule has 5 heteroatoms. The Hall–Kier alpha value is -1.52. The molecule has 2 heterocycles. The van der Waals surface area contributed by atoms with Gasteiger partial charge in [-0.15, -0.1) is 0 Å². The fraction of sp³-hybridized carbons (Fsp3) is 0.692. The molecule has 1 aliphatic heterocycles. The Morgan fingerprint density at radius 2 is 2.17 bits per heavy atom. The van der Waals surface area contributed by atoms with Crippen molar-refractivity contribution in [1.82, 2.24) is 9.97 Å². The van der Waals surface area contributed by atoms with Crippen molar-refractivity contribution in [2.75, 3.05) is 30.9 Å². The second kappa shape index (κ2) is 5.42. The maximum absolute atomic E-state index is 5.47. The van der Waals surface area contributed by atoms with E-state index in [0.717, 1.165) is 29.8 Å². The van der Waals surface area contributed by atoms with Crippen molar-refractivity contribution in [3.05, 3.63) is 6.33 Å². The van der Waals surface area contributed by atoms with Crippen LogP contribution in [0.15, 0.2) is 6.33 Å². The van der Waals surface area contributed by atoms with Gasteiger partial charge < -0.3 is 15.0 Å². The van der Waals surface area contributed by atoms with E-state index in [4.69, 9.17) is 4.74 Å². The lowest BCUT2D eigenvalue weighted by atomic mass is 9.93. The van der Waals surface area contributed by atoms with E-state index in [2.05, 4.69) is 34.0 Å². The number of ether oxygens (including phenoxy) is 1. The largest absolute Gasteiger partial charge is 0.490 e. The highest BCUT2D eigenvalue weighted by Gasteiger charge is 2.27. The Balaban J connectivity index is 2.32. The summed E-state index contributed by atoms with van der Waals surface area (Å²) in [6, 6.07) is 0.488. The number of hydrogen-bond acceptors (Lipinski definition) is 5. The fourth-order valence-electron chi connectivity index (χ4n) is 2.66. The van der Waals surface area contributed by atoms with E-state index < -0.39 is 0 Å². The molecule has 1 saturated heterocycles. The zero-order valence-corrected chi connectivity index (χ0v) is 11.6. The Kier molecular flexibility index (Phi) is 3.89. The predicted molar refractivity (Wildman–Crippen MR) is 73.3 cm³/mol. The minimum Gasteiger partial charge on any atom is -0.490 e. The molecule has 2 unspecified atom stereocenters. The van der Waals surface area contributed by atoms with Crippen molar-refractivity contribution < 1.29 is 4.74 Å². The molecule has 1 fully saturated rings. The van der Waals surface area contributed by atoms with Gasteiger partial charge in [-0.25, -0.2) is 9.97 Å². The number of anilines is 2. The summed E-state index contributed by atoms with van der Waals surface area (Å²) in [5, 5.41) is 3.05. The summed E-state index contributed by atoms with van der Waals surface area (Å²) in [7, 11) is 3.51. The topological polar surface area (TPSA) is 50.3 Å². The van der Waals surface area contributed by atoms with Gasteiger partial charge in [0.05, 0.1) is 7.11 Å². The smallest absolute Gasteiger partial charge is 0.204 e. The van der Waals surface area contributed by atoms with Crippen LogP contribution in [0.25, 0.3) is 0 Å². The molecule has 0 spiro atoms. The standard InChI is InChI=1S/C13H22N4O/c1-9-5-6-17(10(2)7-9)13-11(18-4)12(14-3)15-8-16-13/h8-10H,5-7H2,1-4H3,(H,14,15,16). The van der Waals surface area contributed by atoms with Gasteiger partial charge in [-0.1, -0.05) is 6.92 Å². The van der Waals surface area contributed by atoms with E-state index >= 15 is 0 Å². The lowest BCUT2D eigenvalue weighted by Gasteiger charge is -2.37. The molecule has 18 heavy (non-hydrogen) atoms. The molecule has 1 aromatic heterocycles. The SMILES string of the molecule is CNc1ncnc(N2CCC(C)CC2C)c1OC. The average molecular weight is 250 g/mol. The van der Waals surface area contributed by atoms with Gasteiger partial charge in [0, 0.05) is 19.6 Å². The minimum absolute atomic E-state index is 0.488. The van der Waals surface area contributed by atoms with Gasteiger partial charge in [-0.2, -0.15) is 0 Å². The van der Waals surface area contributed by atoms with Crippen LogP contribution in [0.5, 0.6) is 5.75 Å². The van der Waals surface area contributed by atoms with Crippen molar-refractivity contribution in [1.29, 1.82) is 0 Å². The van der Waals surface area contributed by atoms with E-state index in [0.29, 0.717) is 6.04 Å². The maximum Gasteiger partial charge on any atom is 0.204 e. The van der Waals surface area contributed by atoms with Crippen LogP contribution >= 0.6 is 0 Å². The van der Waals surface area contributed by atoms with Gasteiger partial charge in [0.15, 0.2) is 11.6 Å². The number of nitrogens with one attached hydrogen (secondary N) is 1.